The van der Waals surface area contributed by atoms with Crippen molar-refractivity contribution < 1.29 is 4.79 Å². The average Bonchev–Trinajstić information content (AvgIpc) is 3.22. The van der Waals surface area contributed by atoms with Crippen LogP contribution in [0.25, 0.3) is 22.4 Å². The minimum atomic E-state index is -0.288. The number of nitrogens with one attached hydrogen (secondary N) is 1. The molecule has 0 spiro atoms. The Hall–Kier alpha value is -2.04. The highest BCUT2D eigenvalue weighted by atomic mass is 35.5. The molecule has 1 heterocycles. The molecule has 5 rings (SSSR count). The second-order valence-electron chi connectivity index (χ2n) is 9.61. The zero-order valence-electron chi connectivity index (χ0n) is 18.9. The largest absolute Gasteiger partial charge is 0.352 e. The van der Waals surface area contributed by atoms with E-state index in [2.05, 4.69) is 16.0 Å². The summed E-state index contributed by atoms with van der Waals surface area (Å²) in [5.41, 5.74) is 2.77. The van der Waals surface area contributed by atoms with Gasteiger partial charge in [0.05, 0.1) is 21.1 Å². The maximum Gasteiger partial charge on any atom is 0.243 e. The van der Waals surface area contributed by atoms with Gasteiger partial charge in [-0.1, -0.05) is 73.9 Å². The minimum absolute atomic E-state index is 0.137. The second-order valence-corrected chi connectivity index (χ2v) is 10.4. The van der Waals surface area contributed by atoms with Crippen LogP contribution in [-0.2, 0) is 4.79 Å². The van der Waals surface area contributed by atoms with Gasteiger partial charge in [0, 0.05) is 11.6 Å². The Kier molecular flexibility index (Phi) is 6.94. The van der Waals surface area contributed by atoms with E-state index in [4.69, 9.17) is 28.2 Å². The van der Waals surface area contributed by atoms with Crippen molar-refractivity contribution in [2.45, 2.75) is 76.3 Å². The van der Waals surface area contributed by atoms with Crippen molar-refractivity contribution in [3.63, 3.8) is 0 Å². The molecule has 1 unspecified atom stereocenters. The number of para-hydroxylation sites is 2. The minimum Gasteiger partial charge on any atom is -0.352 e. The fourth-order valence-corrected chi connectivity index (χ4v) is 5.99. The molecule has 3 aromatic rings. The van der Waals surface area contributed by atoms with Gasteiger partial charge in [-0.2, -0.15) is 0 Å². The van der Waals surface area contributed by atoms with Gasteiger partial charge in [0.15, 0.2) is 0 Å². The molecular formula is C27H31Cl2N3O. The highest BCUT2D eigenvalue weighted by molar-refractivity contribution is 6.42. The van der Waals surface area contributed by atoms with Crippen LogP contribution in [0.3, 0.4) is 0 Å². The fourth-order valence-electron chi connectivity index (χ4n) is 5.69. The summed E-state index contributed by atoms with van der Waals surface area (Å²) in [4.78, 5) is 18.9. The molecule has 0 radical (unpaired) electrons. The van der Waals surface area contributed by atoms with Gasteiger partial charge in [-0.3, -0.25) is 4.79 Å². The molecule has 2 aliphatic rings. The van der Waals surface area contributed by atoms with Crippen molar-refractivity contribution in [3.05, 3.63) is 52.5 Å². The third-order valence-electron chi connectivity index (χ3n) is 7.37. The Bertz CT molecular complexity index is 1130. The molecule has 1 aromatic heterocycles. The van der Waals surface area contributed by atoms with Crippen LogP contribution in [0, 0.1) is 5.92 Å². The van der Waals surface area contributed by atoms with Gasteiger partial charge in [-0.15, -0.1) is 0 Å². The van der Waals surface area contributed by atoms with Crippen LogP contribution in [0.1, 0.15) is 70.3 Å². The first-order chi connectivity index (χ1) is 16.1. The first-order valence-electron chi connectivity index (χ1n) is 12.3. The molecule has 33 heavy (non-hydrogen) atoms. The van der Waals surface area contributed by atoms with Gasteiger partial charge in [-0.25, -0.2) is 4.98 Å². The van der Waals surface area contributed by atoms with Crippen LogP contribution >= 0.6 is 23.2 Å². The number of fused-ring (bicyclic) bond motifs is 1. The molecule has 2 aromatic carbocycles. The summed E-state index contributed by atoms with van der Waals surface area (Å²) in [7, 11) is 0. The molecule has 1 amide bonds. The second kappa shape index (κ2) is 10.1. The molecule has 4 nitrogen and oxygen atoms in total. The van der Waals surface area contributed by atoms with E-state index in [9.17, 15) is 4.79 Å². The molecule has 2 aliphatic carbocycles. The first-order valence-corrected chi connectivity index (χ1v) is 13.1. The fraction of sp³-hybridized carbons (Fsp3) is 0.481. The van der Waals surface area contributed by atoms with E-state index < -0.39 is 0 Å². The van der Waals surface area contributed by atoms with Gasteiger partial charge >= 0.3 is 0 Å². The lowest BCUT2D eigenvalue weighted by atomic mass is 9.82. The number of rotatable bonds is 5. The number of nitrogens with zero attached hydrogens (tertiary/aromatic N) is 2. The molecule has 174 valence electrons. The van der Waals surface area contributed by atoms with Crippen LogP contribution in [0.4, 0.5) is 0 Å². The van der Waals surface area contributed by atoms with Crippen LogP contribution in [0.5, 0.6) is 0 Å². The third kappa shape index (κ3) is 4.79. The number of halogens is 2. The van der Waals surface area contributed by atoms with Crippen molar-refractivity contribution in [1.29, 1.82) is 0 Å². The Morgan fingerprint density at radius 3 is 2.33 bits per heavy atom. The first kappa shape index (κ1) is 22.7. The topological polar surface area (TPSA) is 46.9 Å². The number of hydrogen-bond acceptors (Lipinski definition) is 2. The van der Waals surface area contributed by atoms with Crippen LogP contribution in [0.2, 0.25) is 10.0 Å². The van der Waals surface area contributed by atoms with Crippen molar-refractivity contribution in [2.24, 2.45) is 5.92 Å². The summed E-state index contributed by atoms with van der Waals surface area (Å²) in [6, 6.07) is 13.7. The van der Waals surface area contributed by atoms with E-state index in [0.717, 1.165) is 48.1 Å². The Labute approximate surface area is 205 Å². The molecular weight excluding hydrogens is 453 g/mol. The predicted molar refractivity (Wildman–Crippen MR) is 136 cm³/mol. The normalized spacial score (nSPS) is 19.0. The van der Waals surface area contributed by atoms with Crippen molar-refractivity contribution in [3.8, 4) is 11.4 Å². The summed E-state index contributed by atoms with van der Waals surface area (Å²) >= 11 is 12.6. The van der Waals surface area contributed by atoms with E-state index >= 15 is 0 Å². The molecule has 0 saturated heterocycles. The maximum atomic E-state index is 14.0. The average molecular weight is 484 g/mol. The van der Waals surface area contributed by atoms with Gasteiger partial charge in [0.25, 0.3) is 0 Å². The smallest absolute Gasteiger partial charge is 0.243 e. The van der Waals surface area contributed by atoms with E-state index in [0.29, 0.717) is 16.0 Å². The summed E-state index contributed by atoms with van der Waals surface area (Å²) in [5, 5.41) is 4.44. The van der Waals surface area contributed by atoms with E-state index in [-0.39, 0.29) is 18.0 Å². The van der Waals surface area contributed by atoms with Crippen molar-refractivity contribution in [2.75, 3.05) is 0 Å². The molecule has 6 heteroatoms. The molecule has 2 fully saturated rings. The van der Waals surface area contributed by atoms with Crippen LogP contribution in [0.15, 0.2) is 42.5 Å². The van der Waals surface area contributed by atoms with Crippen LogP contribution < -0.4 is 5.32 Å². The number of carbonyl (C=O) groups is 1. The molecule has 0 aliphatic heterocycles. The number of imidazole rings is 1. The van der Waals surface area contributed by atoms with E-state index in [1.54, 1.807) is 6.07 Å². The summed E-state index contributed by atoms with van der Waals surface area (Å²) in [5.74, 6) is 1.21. The summed E-state index contributed by atoms with van der Waals surface area (Å²) in [6.45, 7) is 0. The van der Waals surface area contributed by atoms with Crippen molar-refractivity contribution in [1.82, 2.24) is 14.9 Å². The standard InChI is InChI=1S/C27H31Cl2N3O/c28-21-16-15-19(17-22(21)29)26-31-23-13-7-8-14-24(23)32(26)25(18-9-3-1-4-10-18)27(33)30-20-11-5-2-6-12-20/h7-8,13-18,20,25H,1-6,9-12H2,(H,30,33). The maximum absolute atomic E-state index is 14.0. The zero-order chi connectivity index (χ0) is 22.8. The highest BCUT2D eigenvalue weighted by Gasteiger charge is 2.35. The SMILES string of the molecule is O=C(NC1CCCCC1)C(C1CCCCC1)n1c(-c2ccc(Cl)c(Cl)c2)nc2ccccc21. The van der Waals surface area contributed by atoms with Gasteiger partial charge < -0.3 is 9.88 Å². The van der Waals surface area contributed by atoms with E-state index in [1.807, 2.05) is 30.3 Å². The number of hydrogen-bond donors (Lipinski definition) is 1. The molecule has 0 bridgehead atoms. The lowest BCUT2D eigenvalue weighted by Crippen LogP contribution is -2.43. The zero-order valence-corrected chi connectivity index (χ0v) is 20.4. The van der Waals surface area contributed by atoms with Crippen molar-refractivity contribution >= 4 is 40.1 Å². The summed E-state index contributed by atoms with van der Waals surface area (Å²) < 4.78 is 2.18. The van der Waals surface area contributed by atoms with E-state index in [1.165, 1.54) is 38.5 Å². The Morgan fingerprint density at radius 2 is 1.61 bits per heavy atom. The molecule has 1 N–H and O–H groups in total. The van der Waals surface area contributed by atoms with Gasteiger partial charge in [0.2, 0.25) is 5.91 Å². The molecule has 2 saturated carbocycles. The number of benzene rings is 2. The number of aromatic nitrogens is 2. The van der Waals surface area contributed by atoms with Gasteiger partial charge in [-0.05, 0) is 61.9 Å². The van der Waals surface area contributed by atoms with Crippen LogP contribution in [-0.4, -0.2) is 21.5 Å². The predicted octanol–water partition coefficient (Wildman–Crippen LogP) is 7.58. The third-order valence-corrected chi connectivity index (χ3v) is 8.11. The highest BCUT2D eigenvalue weighted by Crippen LogP contribution is 2.39. The Morgan fingerprint density at radius 1 is 0.909 bits per heavy atom. The van der Waals surface area contributed by atoms with Gasteiger partial charge in [0.1, 0.15) is 11.9 Å². The Balaban J connectivity index is 1.62. The molecule has 1 atom stereocenters. The summed E-state index contributed by atoms with van der Waals surface area (Å²) in [6.07, 6.45) is 11.5. The lowest BCUT2D eigenvalue weighted by Gasteiger charge is -2.33. The quantitative estimate of drug-likeness (QED) is 0.406. The number of carbonyl (C=O) groups excluding carboxylic acids is 1. The number of amides is 1. The monoisotopic (exact) mass is 483 g/mol. The lowest BCUT2D eigenvalue weighted by molar-refractivity contribution is -0.127.